The molecule has 0 bridgehead atoms. The Morgan fingerprint density at radius 1 is 0.506 bits per heavy atom. The van der Waals surface area contributed by atoms with Gasteiger partial charge in [0.15, 0.2) is 0 Å². The Hall–Kier alpha value is -8.76. The molecule has 7 aliphatic heterocycles. The van der Waals surface area contributed by atoms with Crippen LogP contribution in [0.25, 0.3) is 0 Å². The normalized spacial score (nSPS) is 17.4. The Bertz CT molecular complexity index is 2580. The number of amides is 9. The number of carbonyl (C=O) groups is 12. The third-order valence-corrected chi connectivity index (χ3v) is 13.3. The first-order valence-corrected chi connectivity index (χ1v) is 28.3. The van der Waals surface area contributed by atoms with Gasteiger partial charge in [-0.1, -0.05) is 76.4 Å². The van der Waals surface area contributed by atoms with Crippen molar-refractivity contribution in [2.75, 3.05) is 78.7 Å². The fourth-order valence-electron chi connectivity index (χ4n) is 8.76. The van der Waals surface area contributed by atoms with Crippen LogP contribution >= 0.6 is 0 Å². The molecule has 7 fully saturated rings. The number of esters is 2. The fraction of sp³-hybridized carbons (Fsp3) is 0.484. The zero-order valence-electron chi connectivity index (χ0n) is 49.8. The molecule has 1 aromatic rings. The number of nitrogens with zero attached hydrogens (tertiary/aromatic N) is 7. The second kappa shape index (κ2) is 39.7. The molecular weight excluding hydrogens is 1100 g/mol. The summed E-state index contributed by atoms with van der Waals surface area (Å²) in [6.07, 6.45) is 15.1. The van der Waals surface area contributed by atoms with Crippen molar-refractivity contribution in [3.05, 3.63) is 123 Å². The summed E-state index contributed by atoms with van der Waals surface area (Å²) in [5, 5.41) is 0.476. The number of ether oxygens (including phenoxy) is 3. The molecule has 9 amide bonds. The van der Waals surface area contributed by atoms with Crippen molar-refractivity contribution in [3.8, 4) is 0 Å². The van der Waals surface area contributed by atoms with E-state index < -0.39 is 29.7 Å². The number of hydrogen-bond acceptors (Lipinski definition) is 16. The van der Waals surface area contributed by atoms with Crippen molar-refractivity contribution in [1.82, 2.24) is 34.5 Å². The van der Waals surface area contributed by atoms with Gasteiger partial charge in [-0.25, -0.2) is 14.4 Å². The van der Waals surface area contributed by atoms with E-state index in [1.807, 2.05) is 28.0 Å². The number of rotatable bonds is 18. The largest absolute Gasteiger partial charge is 0.500 e. The molecule has 1 atom stereocenters. The Labute approximate surface area is 499 Å². The molecule has 8 rings (SSSR count). The van der Waals surface area contributed by atoms with Crippen molar-refractivity contribution < 1.29 is 76.6 Å². The molecule has 1 unspecified atom stereocenters. The minimum absolute atomic E-state index is 0.0713. The molecule has 7 heterocycles. The van der Waals surface area contributed by atoms with Gasteiger partial charge >= 0.3 is 17.9 Å². The number of likely N-dealkylation sites (tertiary alicyclic amines) is 6. The maximum atomic E-state index is 11.4. The van der Waals surface area contributed by atoms with E-state index in [0.717, 1.165) is 89.8 Å². The molecule has 7 aliphatic rings. The second-order valence-corrected chi connectivity index (χ2v) is 19.9. The SMILES string of the molecule is C=C(C)C(=O)N1CCCC1.C=C(C)C(=O)N1CCCC1=O.C=C(C)C(=O)OCCN1CCCC1=O.C=CC(=O)OCCN1CCCC1=O.C=CC(=O)ON1C(=O)CCC1=O.C=CN1C(=O)CCC1c1ccccc1.C=COCCN1CCCC1=O. The molecule has 23 heteroatoms. The van der Waals surface area contributed by atoms with Crippen LogP contribution in [-0.4, -0.2) is 184 Å². The predicted octanol–water partition coefficient (Wildman–Crippen LogP) is 6.00. The van der Waals surface area contributed by atoms with Gasteiger partial charge in [0.05, 0.1) is 31.9 Å². The molecule has 7 saturated heterocycles. The fourth-order valence-corrected chi connectivity index (χ4v) is 8.76. The summed E-state index contributed by atoms with van der Waals surface area (Å²) in [4.78, 5) is 146. The summed E-state index contributed by atoms with van der Waals surface area (Å²) in [6.45, 7) is 36.7. The summed E-state index contributed by atoms with van der Waals surface area (Å²) in [5.74, 6) is -2.08. The number of benzene rings is 1. The molecule has 0 aromatic heterocycles. The van der Waals surface area contributed by atoms with E-state index in [1.165, 1.54) is 16.7 Å². The van der Waals surface area contributed by atoms with Crippen LogP contribution < -0.4 is 0 Å². The van der Waals surface area contributed by atoms with Crippen molar-refractivity contribution in [2.45, 2.75) is 117 Å². The smallest absolute Gasteiger partial charge is 0.356 e. The maximum Gasteiger partial charge on any atom is 0.356 e. The summed E-state index contributed by atoms with van der Waals surface area (Å²) >= 11 is 0. The molecule has 0 radical (unpaired) electrons. The van der Waals surface area contributed by atoms with Crippen molar-refractivity contribution >= 4 is 71.1 Å². The Morgan fingerprint density at radius 2 is 0.976 bits per heavy atom. The van der Waals surface area contributed by atoms with Crippen LogP contribution in [0.15, 0.2) is 118 Å². The van der Waals surface area contributed by atoms with Crippen LogP contribution in [0.4, 0.5) is 0 Å². The quantitative estimate of drug-likeness (QED) is 0.0536. The summed E-state index contributed by atoms with van der Waals surface area (Å²) in [5.41, 5.74) is 2.66. The lowest BCUT2D eigenvalue weighted by atomic mass is 10.1. The molecule has 464 valence electrons. The average molecular weight is 1180 g/mol. The number of hydroxylamine groups is 2. The van der Waals surface area contributed by atoms with Crippen LogP contribution in [0.2, 0.25) is 0 Å². The highest BCUT2D eigenvalue weighted by molar-refractivity contribution is 6.04. The molecule has 0 spiro atoms. The van der Waals surface area contributed by atoms with Gasteiger partial charge in [0, 0.05) is 119 Å². The Morgan fingerprint density at radius 3 is 1.39 bits per heavy atom. The van der Waals surface area contributed by atoms with E-state index in [-0.39, 0.29) is 73.4 Å². The van der Waals surface area contributed by atoms with Gasteiger partial charge in [-0.15, -0.1) is 5.06 Å². The number of hydrogen-bond donors (Lipinski definition) is 0. The van der Waals surface area contributed by atoms with Crippen LogP contribution in [0.1, 0.15) is 122 Å². The standard InChI is InChI=1S/C12H13NO.C10H15NO3.C9H13NO3.C8H11NO2.C8H13NO2.C8H13NO.C7H7NO4/c1-2-13-11(8-9-12(13)14)10-6-4-3-5-7-10;1-8(2)10(13)14-7-6-11-5-3-4-9(11)12;1-2-9(12)13-7-6-10-5-3-4-8(10)11;1-6(2)8(11)9-5-3-4-7(9)10;1-2-11-7-6-9-5-3-4-8(9)10;1-7(2)8(10)9-5-3-4-6-9;1-2-7(11)12-8-5(9)3-4-6(8)10/h2-7,11H,1,8-9H2;1,3-7H2,2H3;2H,1,3-7H2;1,3-5H2,2H3;2H,1,3-7H2;1,3-6H2,2H3;2H,1,3-4H2. The molecule has 1 aromatic carbocycles. The van der Waals surface area contributed by atoms with Gasteiger partial charge in [0.25, 0.3) is 17.7 Å². The van der Waals surface area contributed by atoms with Crippen LogP contribution in [-0.2, 0) is 76.6 Å². The number of imide groups is 2. The molecule has 85 heavy (non-hydrogen) atoms. The highest BCUT2D eigenvalue weighted by Gasteiger charge is 2.33. The first-order chi connectivity index (χ1) is 40.5. The van der Waals surface area contributed by atoms with Crippen LogP contribution in [0, 0.1) is 0 Å². The van der Waals surface area contributed by atoms with E-state index in [1.54, 1.807) is 41.7 Å². The number of carbonyl (C=O) groups excluding carboxylic acids is 12. The van der Waals surface area contributed by atoms with Gasteiger partial charge in [-0.2, -0.15) is 0 Å². The third-order valence-electron chi connectivity index (χ3n) is 13.3. The van der Waals surface area contributed by atoms with Crippen molar-refractivity contribution in [3.63, 3.8) is 0 Å². The van der Waals surface area contributed by atoms with Gasteiger partial charge in [0.1, 0.15) is 19.8 Å². The highest BCUT2D eigenvalue weighted by atomic mass is 16.7. The molecule has 0 aliphatic carbocycles. The summed E-state index contributed by atoms with van der Waals surface area (Å²) in [7, 11) is 0. The maximum absolute atomic E-state index is 11.4. The van der Waals surface area contributed by atoms with E-state index in [0.29, 0.717) is 86.7 Å². The zero-order valence-corrected chi connectivity index (χ0v) is 49.8. The lowest BCUT2D eigenvalue weighted by Gasteiger charge is -2.20. The van der Waals surface area contributed by atoms with E-state index in [9.17, 15) is 57.5 Å². The predicted molar refractivity (Wildman–Crippen MR) is 315 cm³/mol. The Balaban J connectivity index is 0.000000339. The molecule has 0 saturated carbocycles. The highest BCUT2D eigenvalue weighted by Crippen LogP contribution is 2.32. The molecular formula is C62H85N7O16. The minimum atomic E-state index is -0.807. The van der Waals surface area contributed by atoms with E-state index >= 15 is 0 Å². The van der Waals surface area contributed by atoms with E-state index in [4.69, 9.17) is 14.2 Å². The van der Waals surface area contributed by atoms with Crippen LogP contribution in [0.5, 0.6) is 0 Å². The first-order valence-electron chi connectivity index (χ1n) is 28.3. The monoisotopic (exact) mass is 1180 g/mol. The second-order valence-electron chi connectivity index (χ2n) is 19.9. The van der Waals surface area contributed by atoms with Crippen molar-refractivity contribution in [2.24, 2.45) is 0 Å². The third kappa shape index (κ3) is 26.6. The van der Waals surface area contributed by atoms with Crippen LogP contribution in [0.3, 0.4) is 0 Å². The topological polar surface area (TPSA) is 264 Å². The van der Waals surface area contributed by atoms with Gasteiger partial charge in [-0.3, -0.25) is 48.1 Å². The van der Waals surface area contributed by atoms with Gasteiger partial charge < -0.3 is 43.5 Å². The van der Waals surface area contributed by atoms with Crippen molar-refractivity contribution in [1.29, 1.82) is 0 Å². The minimum Gasteiger partial charge on any atom is -0.500 e. The lowest BCUT2D eigenvalue weighted by Crippen LogP contribution is -2.32. The zero-order chi connectivity index (χ0) is 63.4. The van der Waals surface area contributed by atoms with E-state index in [2.05, 4.69) is 63.0 Å². The molecule has 0 N–H and O–H groups in total. The first kappa shape index (κ1) is 72.3. The lowest BCUT2D eigenvalue weighted by molar-refractivity contribution is -0.193. The summed E-state index contributed by atoms with van der Waals surface area (Å²) < 4.78 is 14.5. The molecule has 23 nitrogen and oxygen atoms in total. The summed E-state index contributed by atoms with van der Waals surface area (Å²) in [6, 6.07) is 10.3. The Kier molecular flexibility index (Phi) is 33.8. The average Bonchev–Trinajstić information content (AvgIpc) is 4.41. The van der Waals surface area contributed by atoms with Gasteiger partial charge in [0.2, 0.25) is 35.4 Å². The van der Waals surface area contributed by atoms with Gasteiger partial charge in [-0.05, 0) is 71.3 Å².